The number of aliphatic hydroxyl groups excluding tert-OH is 1. The number of para-hydroxylation sites is 1. The molecular weight excluding hydrogens is 362 g/mol. The Morgan fingerprint density at radius 1 is 1.14 bits per heavy atom. The van der Waals surface area contributed by atoms with Gasteiger partial charge < -0.3 is 19.2 Å². The van der Waals surface area contributed by atoms with E-state index in [4.69, 9.17) is 9.15 Å². The molecule has 28 heavy (non-hydrogen) atoms. The molecule has 0 radical (unpaired) electrons. The van der Waals surface area contributed by atoms with Crippen LogP contribution in [0, 0.1) is 0 Å². The van der Waals surface area contributed by atoms with Gasteiger partial charge in [0, 0.05) is 6.54 Å². The third kappa shape index (κ3) is 2.68. The summed E-state index contributed by atoms with van der Waals surface area (Å²) in [6.07, 6.45) is 0. The molecule has 0 fully saturated rings. The second kappa shape index (κ2) is 6.94. The number of hydrogen-bond donors (Lipinski definition) is 1. The van der Waals surface area contributed by atoms with Crippen LogP contribution >= 0.6 is 0 Å². The summed E-state index contributed by atoms with van der Waals surface area (Å²) in [5, 5.41) is 9.82. The number of fused-ring (bicyclic) bond motifs is 2. The number of hydrogen-bond acceptors (Lipinski definition) is 6. The van der Waals surface area contributed by atoms with Crippen molar-refractivity contribution in [1.29, 1.82) is 0 Å². The number of rotatable bonds is 4. The number of esters is 1. The summed E-state index contributed by atoms with van der Waals surface area (Å²) in [6, 6.07) is 12.5. The molecule has 1 N–H and O–H groups in total. The molecule has 2 heterocycles. The van der Waals surface area contributed by atoms with Crippen molar-refractivity contribution in [3.63, 3.8) is 0 Å². The van der Waals surface area contributed by atoms with Gasteiger partial charge in [-0.05, 0) is 29.8 Å². The average molecular weight is 379 g/mol. The topological polar surface area (TPSA) is 97.0 Å². The first-order chi connectivity index (χ1) is 13.6. The van der Waals surface area contributed by atoms with E-state index >= 15 is 0 Å². The van der Waals surface area contributed by atoms with Crippen LogP contribution in [0.25, 0.3) is 11.0 Å². The van der Waals surface area contributed by atoms with Crippen LogP contribution in [0.3, 0.4) is 0 Å². The van der Waals surface area contributed by atoms with Crippen LogP contribution in [0.15, 0.2) is 57.7 Å². The normalized spacial score (nSPS) is 15.7. The minimum Gasteiger partial charge on any atom is -0.465 e. The maximum atomic E-state index is 13.1. The van der Waals surface area contributed by atoms with E-state index in [0.29, 0.717) is 22.1 Å². The molecule has 1 aromatic heterocycles. The Labute approximate surface area is 159 Å². The molecule has 142 valence electrons. The van der Waals surface area contributed by atoms with Gasteiger partial charge in [-0.25, -0.2) is 4.79 Å². The molecule has 1 aliphatic rings. The predicted octanol–water partition coefficient (Wildman–Crippen LogP) is 2.12. The fraction of sp³-hybridized carbons (Fsp3) is 0.190. The van der Waals surface area contributed by atoms with Crippen molar-refractivity contribution in [2.24, 2.45) is 0 Å². The molecule has 0 bridgehead atoms. The number of ether oxygens (including phenoxy) is 1. The van der Waals surface area contributed by atoms with Gasteiger partial charge in [0.15, 0.2) is 5.43 Å². The van der Waals surface area contributed by atoms with Crippen molar-refractivity contribution in [3.05, 3.63) is 81.2 Å². The minimum absolute atomic E-state index is 0.0146. The zero-order chi connectivity index (χ0) is 19.8. The van der Waals surface area contributed by atoms with Gasteiger partial charge in [-0.1, -0.05) is 24.3 Å². The van der Waals surface area contributed by atoms with Gasteiger partial charge in [0.25, 0.3) is 5.91 Å². The van der Waals surface area contributed by atoms with Crippen LogP contribution in [-0.2, 0) is 4.74 Å². The number of aliphatic hydroxyl groups is 1. The Morgan fingerprint density at radius 2 is 1.86 bits per heavy atom. The van der Waals surface area contributed by atoms with Crippen molar-refractivity contribution < 1.29 is 23.8 Å². The summed E-state index contributed by atoms with van der Waals surface area (Å²) in [7, 11) is 1.29. The quantitative estimate of drug-likeness (QED) is 0.698. The summed E-state index contributed by atoms with van der Waals surface area (Å²) in [4.78, 5) is 39.1. The summed E-state index contributed by atoms with van der Waals surface area (Å²) in [6.45, 7) is -0.216. The molecule has 0 saturated heterocycles. The average Bonchev–Trinajstić information content (AvgIpc) is 3.00. The SMILES string of the molecule is COC(=O)c1ccc([C@@H]2c3c(oc4ccccc4c3=O)C(=O)N2CCO)cc1. The zero-order valence-electron chi connectivity index (χ0n) is 15.0. The number of carbonyl (C=O) groups is 2. The van der Waals surface area contributed by atoms with Crippen molar-refractivity contribution in [3.8, 4) is 0 Å². The lowest BCUT2D eigenvalue weighted by molar-refractivity contribution is 0.0599. The standard InChI is InChI=1S/C21H17NO6/c1-27-21(26)13-8-6-12(7-9-13)17-16-18(24)14-4-2-3-5-15(14)28-19(16)20(25)22(17)10-11-23/h2-9,17,23H,10-11H2,1H3/t17-/m1/s1. The first-order valence-corrected chi connectivity index (χ1v) is 8.72. The Kier molecular flexibility index (Phi) is 4.44. The zero-order valence-corrected chi connectivity index (χ0v) is 15.0. The third-order valence-electron chi connectivity index (χ3n) is 4.86. The van der Waals surface area contributed by atoms with Crippen molar-refractivity contribution in [2.75, 3.05) is 20.3 Å². The molecule has 7 nitrogen and oxygen atoms in total. The Morgan fingerprint density at radius 3 is 2.54 bits per heavy atom. The number of amides is 1. The van der Waals surface area contributed by atoms with Crippen LogP contribution in [0.2, 0.25) is 0 Å². The molecule has 4 rings (SSSR count). The van der Waals surface area contributed by atoms with E-state index in [1.807, 2.05) is 0 Å². The lowest BCUT2D eigenvalue weighted by atomic mass is 9.97. The highest BCUT2D eigenvalue weighted by Gasteiger charge is 2.42. The molecular formula is C21H17NO6. The summed E-state index contributed by atoms with van der Waals surface area (Å²) in [5.41, 5.74) is 1.28. The van der Waals surface area contributed by atoms with Gasteiger partial charge in [0.1, 0.15) is 5.58 Å². The molecule has 3 aromatic rings. The number of methoxy groups -OCH3 is 1. The van der Waals surface area contributed by atoms with Gasteiger partial charge in [-0.2, -0.15) is 0 Å². The van der Waals surface area contributed by atoms with Gasteiger partial charge in [-0.3, -0.25) is 9.59 Å². The Balaban J connectivity index is 1.91. The lowest BCUT2D eigenvalue weighted by Crippen LogP contribution is -2.32. The van der Waals surface area contributed by atoms with Gasteiger partial charge in [0.05, 0.1) is 36.3 Å². The molecule has 0 spiro atoms. The summed E-state index contributed by atoms with van der Waals surface area (Å²) in [5.74, 6) is -0.944. The molecule has 7 heteroatoms. The smallest absolute Gasteiger partial charge is 0.337 e. The number of nitrogens with zero attached hydrogens (tertiary/aromatic N) is 1. The van der Waals surface area contributed by atoms with Crippen molar-refractivity contribution in [1.82, 2.24) is 4.90 Å². The van der Waals surface area contributed by atoms with Gasteiger partial charge in [-0.15, -0.1) is 0 Å². The number of carbonyl (C=O) groups excluding carboxylic acids is 2. The molecule has 1 amide bonds. The fourth-order valence-corrected chi connectivity index (χ4v) is 3.57. The van der Waals surface area contributed by atoms with E-state index in [1.54, 1.807) is 48.5 Å². The maximum Gasteiger partial charge on any atom is 0.337 e. The van der Waals surface area contributed by atoms with E-state index in [1.165, 1.54) is 12.0 Å². The van der Waals surface area contributed by atoms with Crippen LogP contribution in [-0.4, -0.2) is 42.1 Å². The van der Waals surface area contributed by atoms with E-state index in [-0.39, 0.29) is 29.9 Å². The van der Waals surface area contributed by atoms with Crippen LogP contribution in [0.1, 0.15) is 38.1 Å². The molecule has 2 aromatic carbocycles. The third-order valence-corrected chi connectivity index (χ3v) is 4.86. The van der Waals surface area contributed by atoms with Crippen molar-refractivity contribution in [2.45, 2.75) is 6.04 Å². The van der Waals surface area contributed by atoms with E-state index in [0.717, 1.165) is 0 Å². The first kappa shape index (κ1) is 17.9. The summed E-state index contributed by atoms with van der Waals surface area (Å²) >= 11 is 0. The first-order valence-electron chi connectivity index (χ1n) is 8.72. The Bertz CT molecular complexity index is 1130. The van der Waals surface area contributed by atoms with Crippen LogP contribution in [0.4, 0.5) is 0 Å². The highest BCUT2D eigenvalue weighted by Crippen LogP contribution is 2.37. The highest BCUT2D eigenvalue weighted by molar-refractivity contribution is 5.99. The fourth-order valence-electron chi connectivity index (χ4n) is 3.57. The lowest BCUT2D eigenvalue weighted by Gasteiger charge is -2.24. The van der Waals surface area contributed by atoms with E-state index < -0.39 is 17.9 Å². The Hall–Kier alpha value is -3.45. The van der Waals surface area contributed by atoms with Crippen molar-refractivity contribution >= 4 is 22.8 Å². The predicted molar refractivity (Wildman–Crippen MR) is 100 cm³/mol. The molecule has 0 saturated carbocycles. The van der Waals surface area contributed by atoms with E-state index in [9.17, 15) is 19.5 Å². The molecule has 1 aliphatic heterocycles. The van der Waals surface area contributed by atoms with Crippen LogP contribution < -0.4 is 5.43 Å². The number of β-amino-alcohol motifs (C(OH)–C–C–N with tert-alkyl or cyclic N) is 1. The second-order valence-corrected chi connectivity index (χ2v) is 6.41. The van der Waals surface area contributed by atoms with E-state index in [2.05, 4.69) is 0 Å². The second-order valence-electron chi connectivity index (χ2n) is 6.41. The molecule has 1 atom stereocenters. The number of benzene rings is 2. The van der Waals surface area contributed by atoms with Crippen LogP contribution in [0.5, 0.6) is 0 Å². The summed E-state index contributed by atoms with van der Waals surface area (Å²) < 4.78 is 10.5. The highest BCUT2D eigenvalue weighted by atomic mass is 16.5. The minimum atomic E-state index is -0.706. The van der Waals surface area contributed by atoms with Gasteiger partial charge >= 0.3 is 5.97 Å². The molecule has 0 aliphatic carbocycles. The van der Waals surface area contributed by atoms with Gasteiger partial charge in [0.2, 0.25) is 5.76 Å². The molecule has 0 unspecified atom stereocenters. The monoisotopic (exact) mass is 379 g/mol. The maximum absolute atomic E-state index is 13.1. The largest absolute Gasteiger partial charge is 0.465 e.